The van der Waals surface area contributed by atoms with E-state index in [9.17, 15) is 9.90 Å². The van der Waals surface area contributed by atoms with Gasteiger partial charge in [-0.05, 0) is 79.6 Å². The summed E-state index contributed by atoms with van der Waals surface area (Å²) < 4.78 is 4.76. The van der Waals surface area contributed by atoms with Crippen LogP contribution in [0.15, 0.2) is 23.3 Å². The highest BCUT2D eigenvalue weighted by Crippen LogP contribution is 2.67. The topological polar surface area (TPSA) is 66.8 Å². The van der Waals surface area contributed by atoms with Gasteiger partial charge in [-0.1, -0.05) is 44.9 Å². The van der Waals surface area contributed by atoms with Crippen LogP contribution in [0, 0.1) is 34.0 Å². The summed E-state index contributed by atoms with van der Waals surface area (Å²) in [5.41, 5.74) is 3.21. The van der Waals surface area contributed by atoms with E-state index in [2.05, 4.69) is 33.8 Å². The van der Waals surface area contributed by atoms with Gasteiger partial charge in [0.15, 0.2) is 0 Å². The fourth-order valence-corrected chi connectivity index (χ4v) is 7.79. The lowest BCUT2D eigenvalue weighted by molar-refractivity contribution is -0.0601. The average molecular weight is 389 g/mol. The Morgan fingerprint density at radius 3 is 2.54 bits per heavy atom. The molecule has 0 aromatic carbocycles. The van der Waals surface area contributed by atoms with Gasteiger partial charge < -0.3 is 14.9 Å². The van der Waals surface area contributed by atoms with Crippen molar-refractivity contribution in [2.75, 3.05) is 6.61 Å². The van der Waals surface area contributed by atoms with Gasteiger partial charge in [0.2, 0.25) is 0 Å². The van der Waals surface area contributed by atoms with E-state index in [-0.39, 0.29) is 29.0 Å². The number of fused-ring (bicyclic) bond motifs is 5. The van der Waals surface area contributed by atoms with Crippen molar-refractivity contribution in [3.63, 3.8) is 0 Å². The molecule has 4 aliphatic rings. The van der Waals surface area contributed by atoms with Gasteiger partial charge in [-0.2, -0.15) is 0 Å². The molecule has 28 heavy (non-hydrogen) atoms. The van der Waals surface area contributed by atoms with E-state index in [0.29, 0.717) is 17.8 Å². The number of ether oxygens (including phenoxy) is 1. The van der Waals surface area contributed by atoms with Crippen molar-refractivity contribution in [2.45, 2.75) is 78.7 Å². The zero-order valence-electron chi connectivity index (χ0n) is 17.8. The lowest BCUT2D eigenvalue weighted by atomic mass is 9.44. The van der Waals surface area contributed by atoms with Crippen LogP contribution in [0.5, 0.6) is 0 Å². The van der Waals surface area contributed by atoms with Crippen molar-refractivity contribution in [1.29, 1.82) is 0 Å². The number of carbonyl (C=O) groups is 1. The molecular weight excluding hydrogens is 352 g/mol. The molecule has 4 heteroatoms. The molecule has 0 spiro atoms. The molecule has 4 rings (SSSR count). The van der Waals surface area contributed by atoms with Gasteiger partial charge in [0, 0.05) is 5.41 Å². The molecule has 3 fully saturated rings. The van der Waals surface area contributed by atoms with Crippen LogP contribution in [0.25, 0.3) is 0 Å². The van der Waals surface area contributed by atoms with Crippen LogP contribution in [0.4, 0.5) is 4.79 Å². The van der Waals surface area contributed by atoms with Gasteiger partial charge in [0.05, 0.1) is 6.10 Å². The molecule has 0 radical (unpaired) electrons. The molecule has 0 aliphatic heterocycles. The lowest BCUT2D eigenvalue weighted by Gasteiger charge is -2.60. The van der Waals surface area contributed by atoms with Crippen LogP contribution in [-0.2, 0) is 4.74 Å². The number of hydrogen-bond acceptors (Lipinski definition) is 3. The van der Waals surface area contributed by atoms with Crippen LogP contribution in [0.1, 0.15) is 72.6 Å². The highest BCUT2D eigenvalue weighted by Gasteiger charge is 2.59. The summed E-state index contributed by atoms with van der Waals surface area (Å²) in [4.78, 5) is 10.7. The van der Waals surface area contributed by atoms with Crippen LogP contribution < -0.4 is 0 Å². The monoisotopic (exact) mass is 388 g/mol. The third-order valence-corrected chi connectivity index (χ3v) is 9.31. The van der Waals surface area contributed by atoms with Gasteiger partial charge in [-0.25, -0.2) is 4.79 Å². The van der Waals surface area contributed by atoms with E-state index >= 15 is 0 Å². The van der Waals surface area contributed by atoms with Gasteiger partial charge >= 0.3 is 6.16 Å². The summed E-state index contributed by atoms with van der Waals surface area (Å²) >= 11 is 0. The van der Waals surface area contributed by atoms with Crippen molar-refractivity contribution in [3.05, 3.63) is 23.3 Å². The third-order valence-electron chi connectivity index (χ3n) is 9.31. The van der Waals surface area contributed by atoms with Crippen molar-refractivity contribution in [3.8, 4) is 0 Å². The van der Waals surface area contributed by atoms with Gasteiger partial charge in [0.1, 0.15) is 6.61 Å². The van der Waals surface area contributed by atoms with Crippen LogP contribution >= 0.6 is 0 Å². The molecule has 0 heterocycles. The average Bonchev–Trinajstić information content (AvgIpc) is 2.95. The Morgan fingerprint density at radius 1 is 1.14 bits per heavy atom. The molecule has 0 aromatic rings. The Morgan fingerprint density at radius 2 is 1.82 bits per heavy atom. The first-order valence-corrected chi connectivity index (χ1v) is 11.0. The summed E-state index contributed by atoms with van der Waals surface area (Å²) in [5.74, 6) is 2.07. The Hall–Kier alpha value is -1.29. The first kappa shape index (κ1) is 20.0. The van der Waals surface area contributed by atoms with Crippen molar-refractivity contribution >= 4 is 6.16 Å². The standard InChI is InChI=1S/C24H36O4/c1-22(2)19-8-6-16-17-7-5-15(11-14-28-21(26)27)23(17,3)12-9-18(16)24(19,4)13-10-20(22)25/h8,11,16-18,20,25H,5-7,9-10,12-14H2,1-4H3,(H,26,27)/t16-,17-,18-,20-,23+,24+/m0/s1. The highest BCUT2D eigenvalue weighted by molar-refractivity contribution is 5.56. The smallest absolute Gasteiger partial charge is 0.450 e. The summed E-state index contributed by atoms with van der Waals surface area (Å²) in [6.07, 6.45) is 10.9. The normalized spacial score (nSPS) is 45.6. The SMILES string of the molecule is CC1(C)C2=CC[C@@H]3[C@H](CC[C@]4(C)C(=CCOC(=O)O)CC[C@@H]34)[C@@]2(C)CC[C@@H]1O. The molecule has 0 unspecified atom stereocenters. The zero-order valence-corrected chi connectivity index (χ0v) is 17.8. The van der Waals surface area contributed by atoms with Crippen LogP contribution in [-0.4, -0.2) is 29.1 Å². The van der Waals surface area contributed by atoms with E-state index in [1.807, 2.05) is 6.08 Å². The maximum atomic E-state index is 10.7. The summed E-state index contributed by atoms with van der Waals surface area (Å²) in [5, 5.41) is 19.4. The van der Waals surface area contributed by atoms with Gasteiger partial charge in [-0.3, -0.25) is 0 Å². The van der Waals surface area contributed by atoms with E-state index < -0.39 is 6.16 Å². The van der Waals surface area contributed by atoms with Gasteiger partial charge in [0.25, 0.3) is 0 Å². The number of aliphatic hydroxyl groups is 1. The fraction of sp³-hybridized carbons (Fsp3) is 0.792. The summed E-state index contributed by atoms with van der Waals surface area (Å²) in [6.45, 7) is 9.51. The van der Waals surface area contributed by atoms with E-state index in [4.69, 9.17) is 9.84 Å². The summed E-state index contributed by atoms with van der Waals surface area (Å²) in [6, 6.07) is 0. The Bertz CT molecular complexity index is 720. The Kier molecular flexibility index (Phi) is 4.73. The minimum atomic E-state index is -1.19. The zero-order chi connectivity index (χ0) is 20.3. The molecule has 4 nitrogen and oxygen atoms in total. The molecule has 0 bridgehead atoms. The first-order chi connectivity index (χ1) is 13.1. The molecular formula is C24H36O4. The third kappa shape index (κ3) is 2.78. The Labute approximate surface area is 169 Å². The second kappa shape index (κ2) is 6.62. The molecule has 4 aliphatic carbocycles. The van der Waals surface area contributed by atoms with Crippen molar-refractivity contribution in [2.24, 2.45) is 34.0 Å². The van der Waals surface area contributed by atoms with E-state index in [0.717, 1.165) is 25.7 Å². The molecule has 6 atom stereocenters. The second-order valence-electron chi connectivity index (χ2n) is 10.7. The van der Waals surface area contributed by atoms with Gasteiger partial charge in [-0.15, -0.1) is 0 Å². The maximum absolute atomic E-state index is 10.7. The van der Waals surface area contributed by atoms with Crippen molar-refractivity contribution in [1.82, 2.24) is 0 Å². The molecule has 0 saturated heterocycles. The number of rotatable bonds is 2. The largest absolute Gasteiger partial charge is 0.506 e. The minimum Gasteiger partial charge on any atom is -0.450 e. The molecule has 0 aromatic heterocycles. The molecule has 156 valence electrons. The minimum absolute atomic E-state index is 0.117. The first-order valence-electron chi connectivity index (χ1n) is 11.0. The highest BCUT2D eigenvalue weighted by atomic mass is 16.7. The number of allylic oxidation sites excluding steroid dienone is 2. The summed E-state index contributed by atoms with van der Waals surface area (Å²) in [7, 11) is 0. The van der Waals surface area contributed by atoms with E-state index in [1.54, 1.807) is 0 Å². The predicted octanol–water partition coefficient (Wildman–Crippen LogP) is 5.57. The predicted molar refractivity (Wildman–Crippen MR) is 109 cm³/mol. The number of carboxylic acid groups (broad SMARTS) is 1. The molecule has 2 N–H and O–H groups in total. The molecule has 0 amide bonds. The van der Waals surface area contributed by atoms with Crippen LogP contribution in [0.2, 0.25) is 0 Å². The van der Waals surface area contributed by atoms with E-state index in [1.165, 1.54) is 30.4 Å². The number of aliphatic hydroxyl groups excluding tert-OH is 1. The molecule has 3 saturated carbocycles. The van der Waals surface area contributed by atoms with Crippen LogP contribution in [0.3, 0.4) is 0 Å². The quantitative estimate of drug-likeness (QED) is 0.479. The second-order valence-corrected chi connectivity index (χ2v) is 10.7. The van der Waals surface area contributed by atoms with Crippen molar-refractivity contribution < 1.29 is 19.7 Å². The fourth-order valence-electron chi connectivity index (χ4n) is 7.79. The maximum Gasteiger partial charge on any atom is 0.506 e. The number of hydrogen-bond donors (Lipinski definition) is 2. The Balaban J connectivity index is 1.61. The lowest BCUT2D eigenvalue weighted by Crippen LogP contribution is -2.54.